The highest BCUT2D eigenvalue weighted by molar-refractivity contribution is 6.06. The van der Waals surface area contributed by atoms with Crippen molar-refractivity contribution < 1.29 is 29.0 Å². The number of rotatable bonds is 5. The van der Waals surface area contributed by atoms with Crippen molar-refractivity contribution in [3.8, 4) is 0 Å². The van der Waals surface area contributed by atoms with Crippen LogP contribution in [-0.4, -0.2) is 67.9 Å². The lowest BCUT2D eigenvalue weighted by atomic mass is 10.0. The molecule has 2 unspecified atom stereocenters. The summed E-state index contributed by atoms with van der Waals surface area (Å²) in [5.74, 6) is -1.54. The number of amides is 4. The second-order valence-electron chi connectivity index (χ2n) is 8.42. The summed E-state index contributed by atoms with van der Waals surface area (Å²) in [4.78, 5) is 50.7. The number of piperidine rings is 1. The number of fused-ring (bicyclic) bond motifs is 1. The molecule has 4 heterocycles. The molecule has 12 heteroatoms. The minimum absolute atomic E-state index is 0.131. The fourth-order valence-electron chi connectivity index (χ4n) is 4.38. The van der Waals surface area contributed by atoms with E-state index in [0.29, 0.717) is 35.5 Å². The molecule has 1 aromatic heterocycles. The van der Waals surface area contributed by atoms with Crippen molar-refractivity contribution >= 4 is 29.3 Å². The molecule has 12 nitrogen and oxygen atoms in total. The average molecular weight is 454 g/mol. The summed E-state index contributed by atoms with van der Waals surface area (Å²) in [7, 11) is 0. The van der Waals surface area contributed by atoms with Gasteiger partial charge in [-0.1, -0.05) is 11.3 Å². The van der Waals surface area contributed by atoms with Gasteiger partial charge in [-0.2, -0.15) is 0 Å². The highest BCUT2D eigenvalue weighted by Crippen LogP contribution is 2.32. The van der Waals surface area contributed by atoms with Gasteiger partial charge in [0.2, 0.25) is 17.7 Å². The van der Waals surface area contributed by atoms with Crippen LogP contribution in [0, 0.1) is 0 Å². The van der Waals surface area contributed by atoms with E-state index in [1.165, 1.54) is 15.8 Å². The predicted octanol–water partition coefficient (Wildman–Crippen LogP) is -0.714. The third kappa shape index (κ3) is 3.87. The van der Waals surface area contributed by atoms with Crippen molar-refractivity contribution in [3.05, 3.63) is 41.2 Å². The van der Waals surface area contributed by atoms with Gasteiger partial charge in [-0.05, 0) is 18.6 Å². The quantitative estimate of drug-likeness (QED) is 0.500. The molecule has 1 aromatic carbocycles. The Hall–Kier alpha value is -3.64. The molecule has 3 aliphatic heterocycles. The average Bonchev–Trinajstić information content (AvgIpc) is 3.49. The summed E-state index contributed by atoms with van der Waals surface area (Å²) in [5.41, 5.74) is 0.624. The SMILES string of the molecule is O=C1CCC(N2Cc3c(NC(=O)Cn4cc(C5(O)CCOC5)nn4)cccc3C2=O)C(=O)N1. The lowest BCUT2D eigenvalue weighted by Crippen LogP contribution is -2.52. The van der Waals surface area contributed by atoms with Gasteiger partial charge in [0.05, 0.1) is 12.8 Å². The van der Waals surface area contributed by atoms with Gasteiger partial charge >= 0.3 is 0 Å². The molecule has 0 spiro atoms. The number of carbonyl (C=O) groups is 4. The van der Waals surface area contributed by atoms with E-state index >= 15 is 0 Å². The second-order valence-corrected chi connectivity index (χ2v) is 8.42. The van der Waals surface area contributed by atoms with Crippen LogP contribution in [0.5, 0.6) is 0 Å². The first kappa shape index (κ1) is 21.2. The maximum absolute atomic E-state index is 12.9. The first-order chi connectivity index (χ1) is 15.8. The molecule has 2 atom stereocenters. The van der Waals surface area contributed by atoms with E-state index in [9.17, 15) is 24.3 Å². The first-order valence-corrected chi connectivity index (χ1v) is 10.6. The lowest BCUT2D eigenvalue weighted by Gasteiger charge is -2.29. The van der Waals surface area contributed by atoms with E-state index in [4.69, 9.17) is 4.74 Å². The number of nitrogens with one attached hydrogen (secondary N) is 2. The van der Waals surface area contributed by atoms with Crippen LogP contribution >= 0.6 is 0 Å². The Morgan fingerprint density at radius 2 is 2.18 bits per heavy atom. The molecule has 2 aromatic rings. The first-order valence-electron chi connectivity index (χ1n) is 10.6. The van der Waals surface area contributed by atoms with Gasteiger partial charge in [-0.25, -0.2) is 4.68 Å². The van der Waals surface area contributed by atoms with E-state index < -0.39 is 17.6 Å². The smallest absolute Gasteiger partial charge is 0.255 e. The topological polar surface area (TPSA) is 156 Å². The summed E-state index contributed by atoms with van der Waals surface area (Å²) < 4.78 is 6.54. The van der Waals surface area contributed by atoms with Crippen molar-refractivity contribution in [1.29, 1.82) is 0 Å². The van der Waals surface area contributed by atoms with Crippen LogP contribution < -0.4 is 10.6 Å². The maximum Gasteiger partial charge on any atom is 0.255 e. The number of imide groups is 1. The summed E-state index contributed by atoms with van der Waals surface area (Å²) in [6.45, 7) is 0.569. The minimum atomic E-state index is -1.20. The van der Waals surface area contributed by atoms with Gasteiger partial charge in [-0.3, -0.25) is 24.5 Å². The molecule has 4 amide bonds. The fraction of sp³-hybridized carbons (Fsp3) is 0.429. The fourth-order valence-corrected chi connectivity index (χ4v) is 4.38. The zero-order valence-electron chi connectivity index (χ0n) is 17.6. The molecule has 0 aliphatic carbocycles. The normalized spacial score (nSPS) is 24.7. The largest absolute Gasteiger partial charge is 0.381 e. The van der Waals surface area contributed by atoms with Gasteiger partial charge < -0.3 is 20.1 Å². The van der Waals surface area contributed by atoms with Crippen molar-refractivity contribution in [1.82, 2.24) is 25.2 Å². The summed E-state index contributed by atoms with van der Waals surface area (Å²) in [6, 6.07) is 4.25. The zero-order chi connectivity index (χ0) is 23.2. The number of aromatic nitrogens is 3. The molecule has 33 heavy (non-hydrogen) atoms. The number of aliphatic hydroxyl groups is 1. The number of ether oxygens (including phenoxy) is 1. The van der Waals surface area contributed by atoms with Crippen LogP contribution in [0.3, 0.4) is 0 Å². The summed E-state index contributed by atoms with van der Waals surface area (Å²) >= 11 is 0. The number of hydrogen-bond donors (Lipinski definition) is 3. The van der Waals surface area contributed by atoms with Crippen LogP contribution in [0.1, 0.15) is 40.9 Å². The standard InChI is InChI=1S/C21H22N6O6/c28-17-5-4-15(19(30)23-17)27-8-13-12(20(27)31)2-1-3-14(13)22-18(29)10-26-9-16(24-25-26)21(32)6-7-33-11-21/h1-3,9,15,32H,4-8,10-11H2,(H,22,29)(H,23,28,30). The third-order valence-electron chi connectivity index (χ3n) is 6.18. The number of anilines is 1. The van der Waals surface area contributed by atoms with Crippen molar-refractivity contribution in [2.24, 2.45) is 0 Å². The van der Waals surface area contributed by atoms with Crippen LogP contribution in [0.25, 0.3) is 0 Å². The highest BCUT2D eigenvalue weighted by Gasteiger charge is 2.40. The molecule has 172 valence electrons. The monoisotopic (exact) mass is 454 g/mol. The van der Waals surface area contributed by atoms with E-state index in [1.54, 1.807) is 18.2 Å². The Bertz CT molecular complexity index is 1150. The second kappa shape index (κ2) is 8.05. The molecule has 0 bridgehead atoms. The van der Waals surface area contributed by atoms with E-state index in [0.717, 1.165) is 0 Å². The van der Waals surface area contributed by atoms with Crippen molar-refractivity contribution in [2.75, 3.05) is 18.5 Å². The Balaban J connectivity index is 1.28. The van der Waals surface area contributed by atoms with Crippen molar-refractivity contribution in [3.63, 3.8) is 0 Å². The van der Waals surface area contributed by atoms with E-state index in [2.05, 4.69) is 20.9 Å². The van der Waals surface area contributed by atoms with E-state index in [1.807, 2.05) is 0 Å². The molecular weight excluding hydrogens is 432 g/mol. The van der Waals surface area contributed by atoms with Crippen molar-refractivity contribution in [2.45, 2.75) is 44.0 Å². The lowest BCUT2D eigenvalue weighted by molar-refractivity contribution is -0.137. The Labute approximate surface area is 187 Å². The zero-order valence-corrected chi connectivity index (χ0v) is 17.6. The third-order valence-corrected chi connectivity index (χ3v) is 6.18. The maximum atomic E-state index is 12.9. The Morgan fingerprint density at radius 1 is 1.33 bits per heavy atom. The Kier molecular flexibility index (Phi) is 5.17. The van der Waals surface area contributed by atoms with Gasteiger partial charge in [0.25, 0.3) is 5.91 Å². The Morgan fingerprint density at radius 3 is 2.94 bits per heavy atom. The molecule has 3 aliphatic rings. The number of benzene rings is 1. The van der Waals surface area contributed by atoms with Gasteiger partial charge in [0.15, 0.2) is 0 Å². The summed E-state index contributed by atoms with van der Waals surface area (Å²) in [5, 5.41) is 23.5. The molecular formula is C21H22N6O6. The van der Waals surface area contributed by atoms with Crippen LogP contribution in [0.15, 0.2) is 24.4 Å². The molecule has 5 rings (SSSR count). The van der Waals surface area contributed by atoms with Crippen LogP contribution in [0.2, 0.25) is 0 Å². The molecule has 2 fully saturated rings. The highest BCUT2D eigenvalue weighted by atomic mass is 16.5. The van der Waals surface area contributed by atoms with Crippen LogP contribution in [0.4, 0.5) is 5.69 Å². The van der Waals surface area contributed by atoms with Gasteiger partial charge in [0, 0.05) is 42.8 Å². The molecule has 0 radical (unpaired) electrons. The van der Waals surface area contributed by atoms with E-state index in [-0.39, 0.29) is 50.3 Å². The number of nitrogens with zero attached hydrogens (tertiary/aromatic N) is 4. The number of hydrogen-bond acceptors (Lipinski definition) is 8. The van der Waals surface area contributed by atoms with Gasteiger partial charge in [0.1, 0.15) is 23.9 Å². The van der Waals surface area contributed by atoms with Gasteiger partial charge in [-0.15, -0.1) is 5.10 Å². The predicted molar refractivity (Wildman–Crippen MR) is 110 cm³/mol. The molecule has 2 saturated heterocycles. The summed E-state index contributed by atoms with van der Waals surface area (Å²) in [6.07, 6.45) is 2.35. The molecule has 3 N–H and O–H groups in total. The minimum Gasteiger partial charge on any atom is -0.381 e. The molecule has 0 saturated carbocycles. The van der Waals surface area contributed by atoms with Crippen LogP contribution in [-0.2, 0) is 37.8 Å². The number of carbonyl (C=O) groups excluding carboxylic acids is 4.